The Morgan fingerprint density at radius 3 is 2.29 bits per heavy atom. The Morgan fingerprint density at radius 2 is 1.79 bits per heavy atom. The largest absolute Gasteiger partial charge is 0.389 e. The van der Waals surface area contributed by atoms with Crippen molar-refractivity contribution in [2.75, 3.05) is 0 Å². The van der Waals surface area contributed by atoms with E-state index >= 15 is 0 Å². The van der Waals surface area contributed by atoms with E-state index in [0.29, 0.717) is 5.92 Å². The predicted octanol–water partition coefficient (Wildman–Crippen LogP) is 3.12. The van der Waals surface area contributed by atoms with Crippen LogP contribution in [0.1, 0.15) is 32.3 Å². The minimum absolute atomic E-state index is 0.360. The fraction of sp³-hybridized carbons (Fsp3) is 0.385. The summed E-state index contributed by atoms with van der Waals surface area (Å²) in [5, 5.41) is 9.24. The van der Waals surface area contributed by atoms with Gasteiger partial charge in [0.05, 0.1) is 6.10 Å². The molecule has 0 spiro atoms. The molecule has 0 aromatic heterocycles. The summed E-state index contributed by atoms with van der Waals surface area (Å²) >= 11 is 0. The summed E-state index contributed by atoms with van der Waals surface area (Å²) in [7, 11) is 0. The van der Waals surface area contributed by atoms with Gasteiger partial charge in [-0.2, -0.15) is 0 Å². The van der Waals surface area contributed by atoms with Crippen LogP contribution in [0, 0.1) is 0 Å². The van der Waals surface area contributed by atoms with Crippen molar-refractivity contribution in [2.24, 2.45) is 0 Å². The van der Waals surface area contributed by atoms with Gasteiger partial charge in [-0.3, -0.25) is 0 Å². The molecule has 1 N–H and O–H groups in total. The molecule has 0 fully saturated rings. The molecule has 0 aliphatic carbocycles. The lowest BCUT2D eigenvalue weighted by Gasteiger charge is -2.13. The molecule has 0 radical (unpaired) electrons. The number of rotatable bonds is 3. The van der Waals surface area contributed by atoms with Crippen molar-refractivity contribution < 1.29 is 5.11 Å². The number of aliphatic hydroxyl groups is 1. The van der Waals surface area contributed by atoms with Crippen LogP contribution >= 0.6 is 0 Å². The van der Waals surface area contributed by atoms with Crippen LogP contribution in [0.2, 0.25) is 0 Å². The maximum absolute atomic E-state index is 9.24. The van der Waals surface area contributed by atoms with E-state index in [2.05, 4.69) is 26.0 Å². The molecule has 1 aromatic carbocycles. The molecule has 0 heterocycles. The Morgan fingerprint density at radius 1 is 1.21 bits per heavy atom. The molecule has 0 unspecified atom stereocenters. The summed E-state index contributed by atoms with van der Waals surface area (Å²) in [5.74, 6) is 0.380. The van der Waals surface area contributed by atoms with Crippen molar-refractivity contribution >= 4 is 0 Å². The predicted molar refractivity (Wildman–Crippen MR) is 60.3 cm³/mol. The van der Waals surface area contributed by atoms with Gasteiger partial charge >= 0.3 is 0 Å². The first-order chi connectivity index (χ1) is 6.61. The number of hydrogen-bond acceptors (Lipinski definition) is 1. The van der Waals surface area contributed by atoms with Crippen molar-refractivity contribution in [2.45, 2.75) is 32.8 Å². The molecule has 2 atom stereocenters. The van der Waals surface area contributed by atoms with Crippen molar-refractivity contribution in [1.29, 1.82) is 0 Å². The summed E-state index contributed by atoms with van der Waals surface area (Å²) in [6, 6.07) is 10.3. The third-order valence-electron chi connectivity index (χ3n) is 2.49. The number of allylic oxidation sites excluding steroid dienone is 1. The molecule has 0 aliphatic heterocycles. The molecule has 0 saturated heterocycles. The zero-order chi connectivity index (χ0) is 10.6. The third kappa shape index (κ3) is 3.00. The van der Waals surface area contributed by atoms with Crippen LogP contribution in [0.15, 0.2) is 42.0 Å². The highest BCUT2D eigenvalue weighted by Gasteiger charge is 2.06. The number of aliphatic hydroxyl groups excluding tert-OH is 1. The minimum atomic E-state index is -0.360. The van der Waals surface area contributed by atoms with Crippen LogP contribution in [-0.2, 0) is 0 Å². The second-order valence-corrected chi connectivity index (χ2v) is 3.78. The van der Waals surface area contributed by atoms with Crippen molar-refractivity contribution in [1.82, 2.24) is 0 Å². The third-order valence-corrected chi connectivity index (χ3v) is 2.49. The lowest BCUT2D eigenvalue weighted by atomic mass is 9.93. The highest BCUT2D eigenvalue weighted by molar-refractivity contribution is 5.27. The van der Waals surface area contributed by atoms with Gasteiger partial charge < -0.3 is 5.11 Å². The van der Waals surface area contributed by atoms with E-state index in [4.69, 9.17) is 0 Å². The normalized spacial score (nSPS) is 16.4. The maximum atomic E-state index is 9.24. The topological polar surface area (TPSA) is 20.2 Å². The summed E-state index contributed by atoms with van der Waals surface area (Å²) in [4.78, 5) is 0. The molecule has 0 bridgehead atoms. The van der Waals surface area contributed by atoms with E-state index in [-0.39, 0.29) is 6.10 Å². The van der Waals surface area contributed by atoms with E-state index in [9.17, 15) is 5.11 Å². The molecule has 0 saturated carbocycles. The average molecular weight is 190 g/mol. The van der Waals surface area contributed by atoms with E-state index < -0.39 is 0 Å². The van der Waals surface area contributed by atoms with Crippen LogP contribution in [0.5, 0.6) is 0 Å². The first-order valence-electron chi connectivity index (χ1n) is 5.02. The van der Waals surface area contributed by atoms with Gasteiger partial charge in [0.2, 0.25) is 0 Å². The molecule has 1 rings (SSSR count). The van der Waals surface area contributed by atoms with Gasteiger partial charge in [-0.25, -0.2) is 0 Å². The maximum Gasteiger partial charge on any atom is 0.0695 e. The Kier molecular flexibility index (Phi) is 3.90. The van der Waals surface area contributed by atoms with Crippen LogP contribution in [0.3, 0.4) is 0 Å². The van der Waals surface area contributed by atoms with E-state index in [1.54, 1.807) is 6.92 Å². The zero-order valence-corrected chi connectivity index (χ0v) is 9.07. The quantitative estimate of drug-likeness (QED) is 0.726. The van der Waals surface area contributed by atoms with E-state index in [1.165, 1.54) is 11.1 Å². The lowest BCUT2D eigenvalue weighted by molar-refractivity contribution is 0.242. The molecule has 1 nitrogen and oxygen atoms in total. The van der Waals surface area contributed by atoms with Gasteiger partial charge in [-0.15, -0.1) is 0 Å². The minimum Gasteiger partial charge on any atom is -0.389 e. The summed E-state index contributed by atoms with van der Waals surface area (Å²) in [6.07, 6.45) is 1.54. The molecule has 1 aromatic rings. The Balaban J connectivity index is 2.81. The molecule has 1 heteroatoms. The second kappa shape index (κ2) is 4.97. The van der Waals surface area contributed by atoms with Crippen LogP contribution in [0.25, 0.3) is 0 Å². The molecule has 76 valence electrons. The van der Waals surface area contributed by atoms with Gasteiger partial charge in [0.25, 0.3) is 0 Å². The summed E-state index contributed by atoms with van der Waals surface area (Å²) in [6.45, 7) is 6.00. The van der Waals surface area contributed by atoms with Gasteiger partial charge in [0, 0.05) is 5.92 Å². The van der Waals surface area contributed by atoms with Gasteiger partial charge in [-0.05, 0) is 19.4 Å². The second-order valence-electron chi connectivity index (χ2n) is 3.78. The van der Waals surface area contributed by atoms with Crippen molar-refractivity contribution in [3.63, 3.8) is 0 Å². The van der Waals surface area contributed by atoms with Gasteiger partial charge in [0.15, 0.2) is 0 Å². The Labute approximate surface area is 86.1 Å². The Hall–Kier alpha value is -1.08. The Bertz CT molecular complexity index is 298. The fourth-order valence-electron chi connectivity index (χ4n) is 1.53. The number of benzene rings is 1. The standard InChI is InChI=1S/C13H18O/c1-10(9-11(2)14)12(3)13-7-5-4-6-8-13/h4-9,11-12,14H,1-3H3/b10-9-/t11-,12-/m1/s1. The monoisotopic (exact) mass is 190 g/mol. The number of hydrogen-bond donors (Lipinski definition) is 1. The average Bonchev–Trinajstić information content (AvgIpc) is 2.17. The summed E-state index contributed by atoms with van der Waals surface area (Å²) < 4.78 is 0. The molecule has 0 amide bonds. The lowest BCUT2D eigenvalue weighted by Crippen LogP contribution is -2.00. The molecular formula is C13H18O. The zero-order valence-electron chi connectivity index (χ0n) is 9.07. The first-order valence-corrected chi connectivity index (χ1v) is 5.02. The fourth-order valence-corrected chi connectivity index (χ4v) is 1.53. The van der Waals surface area contributed by atoms with E-state index in [0.717, 1.165) is 0 Å². The van der Waals surface area contributed by atoms with Crippen LogP contribution < -0.4 is 0 Å². The highest BCUT2D eigenvalue weighted by Crippen LogP contribution is 2.23. The molecular weight excluding hydrogens is 172 g/mol. The van der Waals surface area contributed by atoms with E-state index in [1.807, 2.05) is 24.3 Å². The highest BCUT2D eigenvalue weighted by atomic mass is 16.3. The van der Waals surface area contributed by atoms with Crippen LogP contribution in [-0.4, -0.2) is 11.2 Å². The summed E-state index contributed by atoms with van der Waals surface area (Å²) in [5.41, 5.74) is 2.51. The molecule has 0 aliphatic rings. The SMILES string of the molecule is C/C(=C/[C@@H](C)O)[C@@H](C)c1ccccc1. The van der Waals surface area contributed by atoms with Gasteiger partial charge in [0.1, 0.15) is 0 Å². The van der Waals surface area contributed by atoms with Crippen molar-refractivity contribution in [3.05, 3.63) is 47.5 Å². The molecule has 14 heavy (non-hydrogen) atoms. The van der Waals surface area contributed by atoms with Gasteiger partial charge in [-0.1, -0.05) is 48.9 Å². The van der Waals surface area contributed by atoms with Crippen molar-refractivity contribution in [3.8, 4) is 0 Å². The smallest absolute Gasteiger partial charge is 0.0695 e. The first kappa shape index (κ1) is 11.0. The van der Waals surface area contributed by atoms with Crippen LogP contribution in [0.4, 0.5) is 0 Å².